The van der Waals surface area contributed by atoms with Gasteiger partial charge in [-0.2, -0.15) is 0 Å². The third kappa shape index (κ3) is 6.19. The van der Waals surface area contributed by atoms with E-state index in [2.05, 4.69) is 16.1 Å². The van der Waals surface area contributed by atoms with Crippen LogP contribution in [0.3, 0.4) is 0 Å². The minimum absolute atomic E-state index is 0.317. The van der Waals surface area contributed by atoms with Crippen LogP contribution in [0.15, 0.2) is 29.4 Å². The first kappa shape index (κ1) is 29.1. The number of carbonyl (C=O) groups is 1. The normalized spacial score (nSPS) is 25.0. The Morgan fingerprint density at radius 1 is 1.12 bits per heavy atom. The van der Waals surface area contributed by atoms with E-state index in [-0.39, 0.29) is 0 Å². The number of carboxylic acid groups (broad SMARTS) is 1. The van der Waals surface area contributed by atoms with Crippen LogP contribution in [0.1, 0.15) is 107 Å². The van der Waals surface area contributed by atoms with Gasteiger partial charge in [0.15, 0.2) is 6.73 Å². The average Bonchev–Trinajstić information content (AvgIpc) is 3.86. The summed E-state index contributed by atoms with van der Waals surface area (Å²) in [5.74, 6) is 0.203. The summed E-state index contributed by atoms with van der Waals surface area (Å²) in [6, 6.07) is 6.13. The van der Waals surface area contributed by atoms with Crippen molar-refractivity contribution in [2.24, 2.45) is 16.5 Å². The number of nitrogens with zero attached hydrogens (tertiary/aromatic N) is 2. The molecule has 0 saturated heterocycles. The molecule has 2 aromatic carbocycles. The highest BCUT2D eigenvalue weighted by Crippen LogP contribution is 2.55. The molecule has 1 N–H and O–H groups in total. The Morgan fingerprint density at radius 3 is 2.50 bits per heavy atom. The van der Waals surface area contributed by atoms with E-state index in [1.807, 2.05) is 13.8 Å². The smallest absolute Gasteiger partial charge is 0.309 e. The molecule has 4 aliphatic rings. The zero-order valence-electron chi connectivity index (χ0n) is 24.8. The summed E-state index contributed by atoms with van der Waals surface area (Å²) >= 11 is 0. The molecule has 6 nitrogen and oxygen atoms in total. The first-order valence-electron chi connectivity index (χ1n) is 15.7. The Labute approximate surface area is 247 Å². The van der Waals surface area contributed by atoms with Crippen molar-refractivity contribution in [1.29, 1.82) is 0 Å². The van der Waals surface area contributed by atoms with Crippen molar-refractivity contribution < 1.29 is 28.3 Å². The molecule has 0 atom stereocenters. The lowest BCUT2D eigenvalue weighted by Gasteiger charge is -2.33. The second-order valence-corrected chi connectivity index (χ2v) is 13.1. The molecule has 3 fully saturated rings. The number of aliphatic carboxylic acids is 1. The number of carboxylic acids is 1. The number of hydrogen-bond acceptors (Lipinski definition) is 5. The topological polar surface area (TPSA) is 71.4 Å². The van der Waals surface area contributed by atoms with E-state index < -0.39 is 23.0 Å². The second kappa shape index (κ2) is 11.9. The van der Waals surface area contributed by atoms with Crippen LogP contribution < -0.4 is 4.74 Å². The minimum atomic E-state index is -0.691. The first-order chi connectivity index (χ1) is 20.3. The van der Waals surface area contributed by atoms with Gasteiger partial charge in [0, 0.05) is 42.3 Å². The van der Waals surface area contributed by atoms with E-state index in [1.54, 1.807) is 6.07 Å². The fourth-order valence-corrected chi connectivity index (χ4v) is 6.84. The molecule has 6 rings (SSSR count). The molecular weight excluding hydrogens is 538 g/mol. The number of rotatable bonds is 10. The lowest BCUT2D eigenvalue weighted by molar-refractivity contribution is -0.150. The molecule has 2 aromatic rings. The standard InChI is InChI=1S/C34H42F2N2O4/c1-3-41-32-24(19-38-15-12-26(37-42-20-38)16-21-10-13-34(2,14-11-21)33(39)40)17-28(22-4-5-22)31(30(32)23-6-7-23)27-9-8-25(35)18-29(27)36/h8-9,17-18,21-23H,3-7,10-16,19-20H2,1-2H3,(H,39,40). The Balaban J connectivity index is 1.22. The number of ether oxygens (including phenoxy) is 1. The van der Waals surface area contributed by atoms with Crippen LogP contribution in [-0.2, 0) is 16.2 Å². The SMILES string of the molecule is CCOc1c(CN2CCC(CC3CCC(C)(C(=O)O)CC3)=NOC2)cc(C2CC2)c(-c2ccc(F)cc2F)c1C1CC1. The van der Waals surface area contributed by atoms with Gasteiger partial charge in [-0.3, -0.25) is 9.69 Å². The number of halogens is 2. The monoisotopic (exact) mass is 580 g/mol. The molecule has 226 valence electrons. The molecule has 1 aliphatic heterocycles. The van der Waals surface area contributed by atoms with Crippen LogP contribution in [0.2, 0.25) is 0 Å². The lowest BCUT2D eigenvalue weighted by Crippen LogP contribution is -2.33. The van der Waals surface area contributed by atoms with Gasteiger partial charge in [-0.25, -0.2) is 8.78 Å². The molecule has 0 unspecified atom stereocenters. The molecule has 0 spiro atoms. The van der Waals surface area contributed by atoms with Crippen molar-refractivity contribution in [2.75, 3.05) is 19.9 Å². The maximum atomic E-state index is 15.2. The van der Waals surface area contributed by atoms with Crippen LogP contribution in [0.5, 0.6) is 5.75 Å². The van der Waals surface area contributed by atoms with Gasteiger partial charge in [-0.05, 0) is 119 Å². The third-order valence-electron chi connectivity index (χ3n) is 9.71. The summed E-state index contributed by atoms with van der Waals surface area (Å²) < 4.78 is 35.4. The second-order valence-electron chi connectivity index (χ2n) is 13.1. The van der Waals surface area contributed by atoms with Gasteiger partial charge < -0.3 is 14.7 Å². The van der Waals surface area contributed by atoms with Crippen LogP contribution in [0.25, 0.3) is 11.1 Å². The van der Waals surface area contributed by atoms with Gasteiger partial charge in [-0.15, -0.1) is 0 Å². The summed E-state index contributed by atoms with van der Waals surface area (Å²) in [6.45, 7) is 6.17. The van der Waals surface area contributed by atoms with Gasteiger partial charge in [0.1, 0.15) is 17.4 Å². The molecular formula is C34H42F2N2O4. The van der Waals surface area contributed by atoms with Crippen LogP contribution >= 0.6 is 0 Å². The molecule has 3 saturated carbocycles. The van der Waals surface area contributed by atoms with Crippen LogP contribution in [0.4, 0.5) is 8.78 Å². The molecule has 1 heterocycles. The van der Waals surface area contributed by atoms with Gasteiger partial charge >= 0.3 is 5.97 Å². The Hall–Kier alpha value is -3.00. The molecule has 8 heteroatoms. The van der Waals surface area contributed by atoms with Gasteiger partial charge in [0.05, 0.1) is 17.7 Å². The maximum Gasteiger partial charge on any atom is 0.309 e. The first-order valence-corrected chi connectivity index (χ1v) is 15.7. The quantitative estimate of drug-likeness (QED) is 0.308. The number of oxime groups is 1. The minimum Gasteiger partial charge on any atom is -0.493 e. The largest absolute Gasteiger partial charge is 0.493 e. The van der Waals surface area contributed by atoms with Crippen molar-refractivity contribution in [2.45, 2.75) is 96.4 Å². The zero-order chi connectivity index (χ0) is 29.4. The number of benzene rings is 2. The molecule has 0 radical (unpaired) electrons. The fraction of sp³-hybridized carbons (Fsp3) is 0.588. The molecule has 0 aromatic heterocycles. The van der Waals surface area contributed by atoms with Crippen molar-refractivity contribution >= 4 is 11.7 Å². The summed E-state index contributed by atoms with van der Waals surface area (Å²) in [5, 5.41) is 14.0. The summed E-state index contributed by atoms with van der Waals surface area (Å²) in [7, 11) is 0. The Morgan fingerprint density at radius 2 is 1.86 bits per heavy atom. The van der Waals surface area contributed by atoms with Gasteiger partial charge in [0.2, 0.25) is 0 Å². The van der Waals surface area contributed by atoms with Gasteiger partial charge in [0.25, 0.3) is 0 Å². The van der Waals surface area contributed by atoms with E-state index in [1.165, 1.54) is 6.07 Å². The van der Waals surface area contributed by atoms with Gasteiger partial charge in [-0.1, -0.05) is 5.16 Å². The Kier molecular flexibility index (Phi) is 8.27. The number of hydrogen-bond donors (Lipinski definition) is 1. The van der Waals surface area contributed by atoms with E-state index in [0.717, 1.165) is 97.7 Å². The van der Waals surface area contributed by atoms with Crippen molar-refractivity contribution in [3.05, 3.63) is 52.6 Å². The molecule has 0 bridgehead atoms. The van der Waals surface area contributed by atoms with Crippen LogP contribution in [0, 0.1) is 23.0 Å². The highest BCUT2D eigenvalue weighted by molar-refractivity contribution is 5.84. The van der Waals surface area contributed by atoms with Crippen LogP contribution in [-0.4, -0.2) is 41.6 Å². The van der Waals surface area contributed by atoms with E-state index >= 15 is 4.39 Å². The summed E-state index contributed by atoms with van der Waals surface area (Å²) in [4.78, 5) is 19.7. The third-order valence-corrected chi connectivity index (χ3v) is 9.71. The van der Waals surface area contributed by atoms with E-state index in [9.17, 15) is 14.3 Å². The van der Waals surface area contributed by atoms with E-state index in [0.29, 0.717) is 56.0 Å². The van der Waals surface area contributed by atoms with E-state index in [4.69, 9.17) is 9.57 Å². The summed E-state index contributed by atoms with van der Waals surface area (Å²) in [6.07, 6.45) is 9.10. The Bertz CT molecular complexity index is 1360. The highest BCUT2D eigenvalue weighted by atomic mass is 19.1. The molecule has 42 heavy (non-hydrogen) atoms. The van der Waals surface area contributed by atoms with Crippen molar-refractivity contribution in [3.8, 4) is 16.9 Å². The fourth-order valence-electron chi connectivity index (χ4n) is 6.84. The van der Waals surface area contributed by atoms with Crippen molar-refractivity contribution in [1.82, 2.24) is 4.90 Å². The van der Waals surface area contributed by atoms with Crippen molar-refractivity contribution in [3.63, 3.8) is 0 Å². The average molecular weight is 581 g/mol. The predicted molar refractivity (Wildman–Crippen MR) is 158 cm³/mol. The summed E-state index contributed by atoms with van der Waals surface area (Å²) in [5.41, 5.74) is 5.15. The molecule has 3 aliphatic carbocycles. The predicted octanol–water partition coefficient (Wildman–Crippen LogP) is 7.99. The zero-order valence-corrected chi connectivity index (χ0v) is 24.8. The lowest BCUT2D eigenvalue weighted by atomic mass is 9.70. The maximum absolute atomic E-state index is 15.2. The highest BCUT2D eigenvalue weighted by Gasteiger charge is 2.39. The molecule has 0 amide bonds.